The number of carbonyl (C=O) groups excluding carboxylic acids is 1. The van der Waals surface area contributed by atoms with Crippen molar-refractivity contribution in [3.8, 4) is 0 Å². The van der Waals surface area contributed by atoms with Gasteiger partial charge in [0.25, 0.3) is 0 Å². The van der Waals surface area contributed by atoms with Crippen LogP contribution in [0, 0.1) is 0 Å². The van der Waals surface area contributed by atoms with Crippen molar-refractivity contribution in [3.05, 3.63) is 46.6 Å². The van der Waals surface area contributed by atoms with Crippen LogP contribution in [0.3, 0.4) is 0 Å². The van der Waals surface area contributed by atoms with Crippen LogP contribution in [-0.4, -0.2) is 16.7 Å². The third-order valence-corrected chi connectivity index (χ3v) is 3.34. The highest BCUT2D eigenvalue weighted by atomic mass is 35.5. The number of pyridine rings is 1. The third kappa shape index (κ3) is 5.62. The molecule has 0 spiro atoms. The van der Waals surface area contributed by atoms with Gasteiger partial charge >= 0.3 is 6.09 Å². The van der Waals surface area contributed by atoms with E-state index in [-0.39, 0.29) is 0 Å². The summed E-state index contributed by atoms with van der Waals surface area (Å²) in [6.45, 7) is 5.40. The quantitative estimate of drug-likeness (QED) is 0.766. The van der Waals surface area contributed by atoms with Crippen molar-refractivity contribution in [3.63, 3.8) is 0 Å². The lowest BCUT2D eigenvalue weighted by Crippen LogP contribution is -2.27. The first-order valence-corrected chi connectivity index (χ1v) is 7.67. The van der Waals surface area contributed by atoms with Crippen molar-refractivity contribution in [1.82, 2.24) is 4.98 Å². The summed E-state index contributed by atoms with van der Waals surface area (Å²) in [5.41, 5.74) is 0.756. The van der Waals surface area contributed by atoms with Gasteiger partial charge in [-0.05, 0) is 51.1 Å². The van der Waals surface area contributed by atoms with Gasteiger partial charge in [-0.1, -0.05) is 23.2 Å². The summed E-state index contributed by atoms with van der Waals surface area (Å²) in [5.74, 6) is 0.609. The Bertz CT molecular complexity index is 697. The number of aromatic nitrogens is 1. The van der Waals surface area contributed by atoms with E-state index in [0.29, 0.717) is 21.6 Å². The van der Waals surface area contributed by atoms with E-state index in [9.17, 15) is 4.79 Å². The van der Waals surface area contributed by atoms with E-state index in [0.717, 1.165) is 5.69 Å². The van der Waals surface area contributed by atoms with Crippen LogP contribution < -0.4 is 10.6 Å². The van der Waals surface area contributed by atoms with Crippen molar-refractivity contribution in [2.45, 2.75) is 26.4 Å². The van der Waals surface area contributed by atoms with Crippen molar-refractivity contribution in [2.24, 2.45) is 0 Å². The van der Waals surface area contributed by atoms with Crippen LogP contribution in [0.5, 0.6) is 0 Å². The van der Waals surface area contributed by atoms with E-state index in [1.165, 1.54) is 6.20 Å². The molecule has 0 aliphatic rings. The van der Waals surface area contributed by atoms with Crippen LogP contribution in [0.2, 0.25) is 10.0 Å². The number of rotatable bonds is 3. The molecule has 0 bridgehead atoms. The summed E-state index contributed by atoms with van der Waals surface area (Å²) < 4.78 is 5.17. The van der Waals surface area contributed by atoms with Crippen molar-refractivity contribution < 1.29 is 9.53 Å². The number of nitrogens with zero attached hydrogens (tertiary/aromatic N) is 1. The first kappa shape index (κ1) is 17.4. The summed E-state index contributed by atoms with van der Waals surface area (Å²) >= 11 is 11.8. The number of nitrogens with one attached hydrogen (secondary N) is 2. The van der Waals surface area contributed by atoms with Crippen LogP contribution in [-0.2, 0) is 4.74 Å². The highest BCUT2D eigenvalue weighted by molar-refractivity contribution is 6.42. The first-order valence-electron chi connectivity index (χ1n) is 6.91. The number of amides is 1. The number of carbonyl (C=O) groups is 1. The summed E-state index contributed by atoms with van der Waals surface area (Å²) in [6, 6.07) is 8.65. The normalized spacial score (nSPS) is 11.0. The Kier molecular flexibility index (Phi) is 5.34. The smallest absolute Gasteiger partial charge is 0.412 e. The maximum absolute atomic E-state index is 11.7. The molecule has 5 nitrogen and oxygen atoms in total. The Morgan fingerprint density at radius 1 is 1.09 bits per heavy atom. The maximum atomic E-state index is 11.7. The topological polar surface area (TPSA) is 63.2 Å². The van der Waals surface area contributed by atoms with E-state index in [1.807, 2.05) is 0 Å². The highest BCUT2D eigenvalue weighted by Crippen LogP contribution is 2.26. The molecule has 2 N–H and O–H groups in total. The fourth-order valence-electron chi connectivity index (χ4n) is 1.68. The third-order valence-electron chi connectivity index (χ3n) is 2.60. The molecule has 0 saturated carbocycles. The first-order chi connectivity index (χ1) is 10.7. The lowest BCUT2D eigenvalue weighted by Gasteiger charge is -2.19. The average Bonchev–Trinajstić information content (AvgIpc) is 2.43. The molecule has 0 radical (unpaired) electrons. The Morgan fingerprint density at radius 3 is 2.35 bits per heavy atom. The fourth-order valence-corrected chi connectivity index (χ4v) is 1.98. The van der Waals surface area contributed by atoms with Crippen molar-refractivity contribution >= 4 is 46.5 Å². The molecule has 0 aliphatic heterocycles. The van der Waals surface area contributed by atoms with Gasteiger partial charge in [0.2, 0.25) is 0 Å². The van der Waals surface area contributed by atoms with Crippen LogP contribution in [0.1, 0.15) is 20.8 Å². The predicted octanol–water partition coefficient (Wildman–Crippen LogP) is 5.48. The van der Waals surface area contributed by atoms with Gasteiger partial charge in [0, 0.05) is 5.69 Å². The van der Waals surface area contributed by atoms with Crippen LogP contribution in [0.4, 0.5) is 22.0 Å². The monoisotopic (exact) mass is 353 g/mol. The van der Waals surface area contributed by atoms with E-state index in [1.54, 1.807) is 51.1 Å². The Balaban J connectivity index is 1.99. The maximum Gasteiger partial charge on any atom is 0.412 e. The van der Waals surface area contributed by atoms with E-state index < -0.39 is 11.7 Å². The minimum Gasteiger partial charge on any atom is -0.444 e. The Labute approximate surface area is 145 Å². The van der Waals surface area contributed by atoms with Gasteiger partial charge in [-0.15, -0.1) is 0 Å². The number of hydrogen-bond donors (Lipinski definition) is 2. The number of anilines is 3. The molecule has 2 aromatic rings. The van der Waals surface area contributed by atoms with Gasteiger partial charge < -0.3 is 10.1 Å². The summed E-state index contributed by atoms with van der Waals surface area (Å²) in [4.78, 5) is 15.9. The SMILES string of the molecule is CC(C)(C)OC(=O)Nc1ccc(Nc2ccc(Cl)c(Cl)c2)nc1. The summed E-state index contributed by atoms with van der Waals surface area (Å²) in [6.07, 6.45) is 1.01. The molecule has 2 rings (SSSR count). The highest BCUT2D eigenvalue weighted by Gasteiger charge is 2.16. The zero-order valence-corrected chi connectivity index (χ0v) is 14.5. The average molecular weight is 354 g/mol. The molecule has 7 heteroatoms. The largest absolute Gasteiger partial charge is 0.444 e. The molecule has 23 heavy (non-hydrogen) atoms. The minimum absolute atomic E-state index is 0.458. The Morgan fingerprint density at radius 2 is 1.78 bits per heavy atom. The lowest BCUT2D eigenvalue weighted by atomic mass is 10.2. The zero-order chi connectivity index (χ0) is 17.0. The van der Waals surface area contributed by atoms with Crippen molar-refractivity contribution in [2.75, 3.05) is 10.6 Å². The zero-order valence-electron chi connectivity index (χ0n) is 13.0. The van der Waals surface area contributed by atoms with E-state index >= 15 is 0 Å². The van der Waals surface area contributed by atoms with E-state index in [2.05, 4.69) is 15.6 Å². The molecule has 1 aromatic heterocycles. The molecular weight excluding hydrogens is 337 g/mol. The molecule has 0 fully saturated rings. The van der Waals surface area contributed by atoms with Gasteiger partial charge in [0.05, 0.1) is 21.9 Å². The Hall–Kier alpha value is -1.98. The number of hydrogen-bond acceptors (Lipinski definition) is 4. The van der Waals surface area contributed by atoms with Crippen molar-refractivity contribution in [1.29, 1.82) is 0 Å². The van der Waals surface area contributed by atoms with Gasteiger partial charge in [-0.2, -0.15) is 0 Å². The second-order valence-corrected chi connectivity index (χ2v) is 6.63. The lowest BCUT2D eigenvalue weighted by molar-refractivity contribution is 0.0636. The molecule has 0 unspecified atom stereocenters. The summed E-state index contributed by atoms with van der Waals surface area (Å²) in [5, 5.41) is 6.65. The molecule has 1 aromatic carbocycles. The number of halogens is 2. The molecule has 0 atom stereocenters. The van der Waals surface area contributed by atoms with Gasteiger partial charge in [-0.3, -0.25) is 5.32 Å². The minimum atomic E-state index is -0.549. The van der Waals surface area contributed by atoms with Crippen LogP contribution in [0.25, 0.3) is 0 Å². The van der Waals surface area contributed by atoms with Crippen LogP contribution in [0.15, 0.2) is 36.5 Å². The van der Waals surface area contributed by atoms with Gasteiger partial charge in [0.15, 0.2) is 0 Å². The van der Waals surface area contributed by atoms with Crippen LogP contribution >= 0.6 is 23.2 Å². The molecule has 122 valence electrons. The number of ether oxygens (including phenoxy) is 1. The summed E-state index contributed by atoms with van der Waals surface area (Å²) in [7, 11) is 0. The standard InChI is InChI=1S/C16H17Cl2N3O2/c1-16(2,3)23-15(22)21-11-5-7-14(19-9-11)20-10-4-6-12(17)13(18)8-10/h4-9H,1-3H3,(H,19,20)(H,21,22). The molecule has 1 heterocycles. The second-order valence-electron chi connectivity index (χ2n) is 5.81. The second kappa shape index (κ2) is 7.06. The fraction of sp³-hybridized carbons (Fsp3) is 0.250. The number of benzene rings is 1. The predicted molar refractivity (Wildman–Crippen MR) is 93.8 cm³/mol. The van der Waals surface area contributed by atoms with Gasteiger partial charge in [0.1, 0.15) is 11.4 Å². The van der Waals surface area contributed by atoms with Gasteiger partial charge in [-0.25, -0.2) is 9.78 Å². The molecule has 0 aliphatic carbocycles. The van der Waals surface area contributed by atoms with E-state index in [4.69, 9.17) is 27.9 Å². The molecular formula is C16H17Cl2N3O2. The molecule has 0 saturated heterocycles. The molecule has 1 amide bonds.